The molecular weight excluding hydrogens is 499 g/mol. The van der Waals surface area contributed by atoms with E-state index in [0.29, 0.717) is 29.8 Å². The van der Waals surface area contributed by atoms with E-state index in [1.54, 1.807) is 36.7 Å². The van der Waals surface area contributed by atoms with Gasteiger partial charge in [-0.25, -0.2) is 0 Å². The van der Waals surface area contributed by atoms with Gasteiger partial charge in [0, 0.05) is 46.5 Å². The molecular formula is C32H30F3N3O. The van der Waals surface area contributed by atoms with Gasteiger partial charge in [-0.2, -0.15) is 13.2 Å². The first-order valence-electron chi connectivity index (χ1n) is 12.9. The fourth-order valence-electron chi connectivity index (χ4n) is 4.39. The fraction of sp³-hybridized carbons (Fsp3) is 0.250. The largest absolute Gasteiger partial charge is 0.416 e. The van der Waals surface area contributed by atoms with Crippen LogP contribution >= 0.6 is 0 Å². The molecule has 0 spiro atoms. The molecule has 4 rings (SSSR count). The minimum Gasteiger partial charge on any atom is -0.322 e. The van der Waals surface area contributed by atoms with Crippen LogP contribution < -0.4 is 5.32 Å². The van der Waals surface area contributed by atoms with Crippen molar-refractivity contribution in [3.8, 4) is 11.8 Å². The predicted octanol–water partition coefficient (Wildman–Crippen LogP) is 7.45. The molecule has 0 aliphatic rings. The van der Waals surface area contributed by atoms with E-state index in [-0.39, 0.29) is 5.69 Å². The molecule has 4 nitrogen and oxygen atoms in total. The molecule has 1 aromatic heterocycles. The number of nitrogens with zero attached hydrogens (tertiary/aromatic N) is 2. The zero-order chi connectivity index (χ0) is 28.0. The van der Waals surface area contributed by atoms with Crippen LogP contribution in [0.3, 0.4) is 0 Å². The SMILES string of the molecule is CCCN(CC)Cc1cc(NC(=O)c2ccc(C)c(C#Cc3cncc4ccccc34)c2)cc(C(F)(F)F)c1. The normalized spacial score (nSPS) is 11.4. The monoisotopic (exact) mass is 529 g/mol. The molecule has 0 bridgehead atoms. The van der Waals surface area contributed by atoms with Gasteiger partial charge in [0.05, 0.1) is 11.1 Å². The van der Waals surface area contributed by atoms with Crippen LogP contribution in [0, 0.1) is 18.8 Å². The fourth-order valence-corrected chi connectivity index (χ4v) is 4.39. The third-order valence-corrected chi connectivity index (χ3v) is 6.47. The lowest BCUT2D eigenvalue weighted by molar-refractivity contribution is -0.137. The van der Waals surface area contributed by atoms with Gasteiger partial charge in [-0.05, 0) is 67.9 Å². The van der Waals surface area contributed by atoms with Gasteiger partial charge in [-0.3, -0.25) is 14.7 Å². The number of aromatic nitrogens is 1. The number of anilines is 1. The molecule has 0 saturated carbocycles. The number of halogens is 3. The van der Waals surface area contributed by atoms with Gasteiger partial charge < -0.3 is 5.32 Å². The number of amides is 1. The van der Waals surface area contributed by atoms with E-state index >= 15 is 0 Å². The molecule has 4 aromatic rings. The summed E-state index contributed by atoms with van der Waals surface area (Å²) in [7, 11) is 0. The maximum Gasteiger partial charge on any atom is 0.416 e. The summed E-state index contributed by atoms with van der Waals surface area (Å²) in [6.07, 6.45) is -0.154. The van der Waals surface area contributed by atoms with E-state index < -0.39 is 17.6 Å². The lowest BCUT2D eigenvalue weighted by Gasteiger charge is -2.21. The highest BCUT2D eigenvalue weighted by Crippen LogP contribution is 2.32. The molecule has 39 heavy (non-hydrogen) atoms. The highest BCUT2D eigenvalue weighted by atomic mass is 19.4. The molecule has 7 heteroatoms. The maximum absolute atomic E-state index is 13.6. The Morgan fingerprint density at radius 2 is 1.74 bits per heavy atom. The molecule has 0 saturated heterocycles. The van der Waals surface area contributed by atoms with Crippen molar-refractivity contribution in [2.45, 2.75) is 39.9 Å². The molecule has 0 radical (unpaired) electrons. The number of hydrogen-bond acceptors (Lipinski definition) is 3. The van der Waals surface area contributed by atoms with Crippen LogP contribution in [0.5, 0.6) is 0 Å². The molecule has 0 aliphatic heterocycles. The van der Waals surface area contributed by atoms with Crippen molar-refractivity contribution in [3.63, 3.8) is 0 Å². The van der Waals surface area contributed by atoms with Crippen LogP contribution in [-0.4, -0.2) is 28.9 Å². The summed E-state index contributed by atoms with van der Waals surface area (Å²) in [6.45, 7) is 7.75. The summed E-state index contributed by atoms with van der Waals surface area (Å²) in [4.78, 5) is 19.4. The van der Waals surface area contributed by atoms with Crippen molar-refractivity contribution in [1.29, 1.82) is 0 Å². The minimum absolute atomic E-state index is 0.104. The Hall–Kier alpha value is -4.15. The van der Waals surface area contributed by atoms with Gasteiger partial charge >= 0.3 is 6.18 Å². The highest BCUT2D eigenvalue weighted by molar-refractivity contribution is 6.04. The second-order valence-electron chi connectivity index (χ2n) is 9.43. The number of carbonyl (C=O) groups is 1. The first kappa shape index (κ1) is 27.9. The highest BCUT2D eigenvalue weighted by Gasteiger charge is 2.31. The van der Waals surface area contributed by atoms with Crippen LogP contribution in [0.2, 0.25) is 0 Å². The summed E-state index contributed by atoms with van der Waals surface area (Å²) in [5, 5.41) is 4.62. The zero-order valence-electron chi connectivity index (χ0n) is 22.2. The van der Waals surface area contributed by atoms with Crippen LogP contribution in [0.25, 0.3) is 10.8 Å². The lowest BCUT2D eigenvalue weighted by atomic mass is 10.0. The van der Waals surface area contributed by atoms with Crippen molar-refractivity contribution in [1.82, 2.24) is 9.88 Å². The summed E-state index contributed by atoms with van der Waals surface area (Å²) >= 11 is 0. The summed E-state index contributed by atoms with van der Waals surface area (Å²) in [5.41, 5.74) is 2.41. The number of pyridine rings is 1. The third kappa shape index (κ3) is 7.04. The second-order valence-corrected chi connectivity index (χ2v) is 9.43. The third-order valence-electron chi connectivity index (χ3n) is 6.47. The van der Waals surface area contributed by atoms with Gasteiger partial charge in [0.2, 0.25) is 0 Å². The number of hydrogen-bond donors (Lipinski definition) is 1. The van der Waals surface area contributed by atoms with Gasteiger partial charge in [-0.1, -0.05) is 56.0 Å². The Labute approximate surface area is 226 Å². The number of fused-ring (bicyclic) bond motifs is 1. The van der Waals surface area contributed by atoms with E-state index in [1.807, 2.05) is 45.0 Å². The van der Waals surface area contributed by atoms with Gasteiger partial charge in [0.15, 0.2) is 0 Å². The van der Waals surface area contributed by atoms with E-state index in [0.717, 1.165) is 47.0 Å². The summed E-state index contributed by atoms with van der Waals surface area (Å²) in [6, 6.07) is 16.6. The summed E-state index contributed by atoms with van der Waals surface area (Å²) in [5.74, 6) is 5.78. The molecule has 0 aliphatic carbocycles. The smallest absolute Gasteiger partial charge is 0.322 e. The van der Waals surface area contributed by atoms with Crippen molar-refractivity contribution in [2.24, 2.45) is 0 Å². The van der Waals surface area contributed by atoms with Gasteiger partial charge in [0.1, 0.15) is 0 Å². The van der Waals surface area contributed by atoms with Crippen LogP contribution in [0.15, 0.2) is 73.1 Å². The number of alkyl halides is 3. The Morgan fingerprint density at radius 1 is 0.974 bits per heavy atom. The summed E-state index contributed by atoms with van der Waals surface area (Å²) < 4.78 is 40.9. The zero-order valence-corrected chi connectivity index (χ0v) is 22.2. The van der Waals surface area contributed by atoms with E-state index in [9.17, 15) is 18.0 Å². The molecule has 1 N–H and O–H groups in total. The van der Waals surface area contributed by atoms with Crippen molar-refractivity contribution >= 4 is 22.4 Å². The minimum atomic E-state index is -4.53. The standard InChI is InChI=1S/C32H30F3N3O/c1-4-14-38(5-2)21-23-15-28(32(33,34)35)18-29(16-23)37-31(39)25-11-10-22(3)24(17-25)12-13-27-20-36-19-26-8-6-7-9-30(26)27/h6-11,15-20H,4-5,14,21H2,1-3H3,(H,37,39). The number of carbonyl (C=O) groups excluding carboxylic acids is 1. The molecule has 3 aromatic carbocycles. The van der Waals surface area contributed by atoms with E-state index in [2.05, 4.69) is 27.0 Å². The first-order valence-corrected chi connectivity index (χ1v) is 12.9. The van der Waals surface area contributed by atoms with Gasteiger partial charge in [-0.15, -0.1) is 0 Å². The van der Waals surface area contributed by atoms with Crippen LogP contribution in [0.4, 0.5) is 18.9 Å². The number of rotatable bonds is 7. The topological polar surface area (TPSA) is 45.2 Å². The molecule has 0 unspecified atom stereocenters. The van der Waals surface area contributed by atoms with Gasteiger partial charge in [0.25, 0.3) is 5.91 Å². The van der Waals surface area contributed by atoms with Crippen molar-refractivity contribution in [2.75, 3.05) is 18.4 Å². The molecule has 200 valence electrons. The van der Waals surface area contributed by atoms with Crippen LogP contribution in [-0.2, 0) is 12.7 Å². The molecule has 0 atom stereocenters. The Kier molecular flexibility index (Phi) is 8.68. The maximum atomic E-state index is 13.6. The number of benzene rings is 3. The number of nitrogens with one attached hydrogen (secondary N) is 1. The van der Waals surface area contributed by atoms with Crippen LogP contribution in [0.1, 0.15) is 58.4 Å². The average molecular weight is 530 g/mol. The molecule has 0 fully saturated rings. The predicted molar refractivity (Wildman–Crippen MR) is 150 cm³/mol. The Morgan fingerprint density at radius 3 is 2.49 bits per heavy atom. The van der Waals surface area contributed by atoms with E-state index in [4.69, 9.17) is 0 Å². The molecule has 1 amide bonds. The molecule has 1 heterocycles. The number of aryl methyl sites for hydroxylation is 1. The quantitative estimate of drug-likeness (QED) is 0.253. The first-order chi connectivity index (χ1) is 18.7. The Balaban J connectivity index is 1.61. The van der Waals surface area contributed by atoms with Crippen molar-refractivity contribution in [3.05, 3.63) is 106 Å². The second kappa shape index (κ2) is 12.1. The Bertz CT molecular complexity index is 1540. The lowest BCUT2D eigenvalue weighted by Crippen LogP contribution is -2.24. The van der Waals surface area contributed by atoms with E-state index in [1.165, 1.54) is 0 Å². The van der Waals surface area contributed by atoms with Crippen molar-refractivity contribution < 1.29 is 18.0 Å². The average Bonchev–Trinajstić information content (AvgIpc) is 2.91.